The van der Waals surface area contributed by atoms with Gasteiger partial charge >= 0.3 is 5.97 Å². The van der Waals surface area contributed by atoms with Crippen LogP contribution < -0.4 is 98.5 Å². The van der Waals surface area contributed by atoms with Gasteiger partial charge < -0.3 is 104 Å². The molecule has 676 valence electrons. The van der Waals surface area contributed by atoms with E-state index in [2.05, 4.69) is 92.0 Å². The predicted molar refractivity (Wildman–Crippen MR) is 517 cm³/mol. The van der Waals surface area contributed by atoms with Crippen molar-refractivity contribution >= 4 is 152 Å². The maximum Gasteiger partial charge on any atom is 0.335 e. The van der Waals surface area contributed by atoms with Crippen LogP contribution in [0.1, 0.15) is 74.8 Å². The molecule has 0 fully saturated rings. The molecule has 12 rings (SSSR count). The molecule has 0 saturated heterocycles. The number of nitro benzene ring substituents is 2. The number of carbonyl (C=O) groups excluding carboxylic acids is 5. The Hall–Kier alpha value is -15.6. The van der Waals surface area contributed by atoms with Gasteiger partial charge in [-0.1, -0.05) is 121 Å². The fourth-order valence-corrected chi connectivity index (χ4v) is 12.7. The van der Waals surface area contributed by atoms with Crippen LogP contribution in [0.4, 0.5) is 62.6 Å². The molecule has 32 nitrogen and oxygen atoms in total. The van der Waals surface area contributed by atoms with E-state index < -0.39 is 27.6 Å². The highest BCUT2D eigenvalue weighted by atomic mass is 79.9. The third kappa shape index (κ3) is 32.4. The van der Waals surface area contributed by atoms with Gasteiger partial charge in [-0.05, 0) is 179 Å². The third-order valence-corrected chi connectivity index (χ3v) is 19.9. The second-order valence-electron chi connectivity index (χ2n) is 27.2. The number of nitrogens with one attached hydrogen (secondary N) is 6. The Morgan fingerprint density at radius 1 is 0.377 bits per heavy atom. The third-order valence-electron chi connectivity index (χ3n) is 18.4. The SMILES string of the molecule is C=CC(N)=O.COc1ccc(NCc2ccc(C(=O)Cc3cc(Br)ccc3[N+](=O)[O-])cc2)cc1OC.COc1ccc(NCc2ccc(C(=O)Nc3cc(/C=C/C(N)=O)ccc3N)cc2)cc1OC.COc1ccc(NCc2ccc(C(=O)Nc3cc(Br)ccc3N)cc2)cc1OC.COc1ccc(NCc2ccc(C(=O)O)cc2)cc1OC.Nc1cc(Br)ccc1[N+](=O)[O-]. The lowest BCUT2D eigenvalue weighted by molar-refractivity contribution is -0.385. The number of nitrogens with two attached hydrogens (primary N) is 5. The number of methoxy groups -OCH3 is 8. The second-order valence-corrected chi connectivity index (χ2v) is 30.0. The maximum absolute atomic E-state index is 12.7. The largest absolute Gasteiger partial charge is 0.493 e. The van der Waals surface area contributed by atoms with E-state index in [-0.39, 0.29) is 46.6 Å². The molecule has 0 heterocycles. The van der Waals surface area contributed by atoms with Crippen LogP contribution in [0.25, 0.3) is 6.08 Å². The zero-order valence-electron chi connectivity index (χ0n) is 71.8. The summed E-state index contributed by atoms with van der Waals surface area (Å²) in [6, 6.07) is 70.4. The highest BCUT2D eigenvalue weighted by Gasteiger charge is 2.20. The number of amides is 4. The Morgan fingerprint density at radius 2 is 0.692 bits per heavy atom. The van der Waals surface area contributed by atoms with E-state index in [9.17, 15) is 49.0 Å². The highest BCUT2D eigenvalue weighted by Crippen LogP contribution is 2.36. The van der Waals surface area contributed by atoms with Gasteiger partial charge in [0.15, 0.2) is 51.8 Å². The molecule has 0 atom stereocenters. The highest BCUT2D eigenvalue weighted by molar-refractivity contribution is 9.11. The Kier molecular flexibility index (Phi) is 40.4. The molecule has 12 aromatic rings. The number of nitro groups is 2. The number of halogens is 3. The van der Waals surface area contributed by atoms with E-state index in [4.69, 9.17) is 65.9 Å². The number of Topliss-reactive ketones (excluding diaryl/α,β-unsaturated/α-hetero) is 1. The molecule has 4 amide bonds. The molecule has 130 heavy (non-hydrogen) atoms. The summed E-state index contributed by atoms with van der Waals surface area (Å²) in [6.45, 7) is 5.41. The number of hydrogen-bond acceptors (Lipinski definition) is 25. The fourth-order valence-electron chi connectivity index (χ4n) is 11.6. The number of anilines is 9. The van der Waals surface area contributed by atoms with Gasteiger partial charge in [-0.15, -0.1) is 0 Å². The number of ketones is 1. The lowest BCUT2D eigenvalue weighted by atomic mass is 10.0. The average Bonchev–Trinajstić information content (AvgIpc) is 0.830. The first-order valence-corrected chi connectivity index (χ1v) is 41.2. The number of ether oxygens (including phenoxy) is 8. The molecule has 0 spiro atoms. The number of carboxylic acid groups (broad SMARTS) is 1. The smallest absolute Gasteiger partial charge is 0.335 e. The lowest BCUT2D eigenvalue weighted by Gasteiger charge is -2.12. The van der Waals surface area contributed by atoms with Crippen molar-refractivity contribution in [1.29, 1.82) is 0 Å². The van der Waals surface area contributed by atoms with Crippen molar-refractivity contribution in [1.82, 2.24) is 0 Å². The van der Waals surface area contributed by atoms with Crippen molar-refractivity contribution in [2.75, 3.05) is 106 Å². The minimum atomic E-state index is -0.922. The van der Waals surface area contributed by atoms with Crippen molar-refractivity contribution < 1.29 is 81.6 Å². The van der Waals surface area contributed by atoms with Gasteiger partial charge in [0.1, 0.15) is 5.69 Å². The van der Waals surface area contributed by atoms with Crippen LogP contribution in [-0.2, 0) is 42.2 Å². The summed E-state index contributed by atoms with van der Waals surface area (Å²) in [5.74, 6) is 2.62. The van der Waals surface area contributed by atoms with Crippen LogP contribution in [0.3, 0.4) is 0 Å². The van der Waals surface area contributed by atoms with E-state index in [1.165, 1.54) is 24.3 Å². The van der Waals surface area contributed by atoms with Crippen LogP contribution in [0.5, 0.6) is 46.0 Å². The minimum absolute atomic E-state index is 0.0427. The summed E-state index contributed by atoms with van der Waals surface area (Å²) in [7, 11) is 12.7. The van der Waals surface area contributed by atoms with Crippen LogP contribution >= 0.6 is 47.8 Å². The van der Waals surface area contributed by atoms with Crippen molar-refractivity contribution in [3.05, 3.63) is 351 Å². The second kappa shape index (κ2) is 51.7. The van der Waals surface area contributed by atoms with Crippen LogP contribution in [0.2, 0.25) is 0 Å². The summed E-state index contributed by atoms with van der Waals surface area (Å²) >= 11 is 9.82. The average molecular weight is 1960 g/mol. The number of rotatable bonds is 33. The number of aromatic carboxylic acids is 1. The molecule has 0 aliphatic heterocycles. The van der Waals surface area contributed by atoms with Crippen molar-refractivity contribution in [3.63, 3.8) is 0 Å². The zero-order chi connectivity index (χ0) is 94.9. The van der Waals surface area contributed by atoms with Gasteiger partial charge in [-0.2, -0.15) is 0 Å². The number of hydrogen-bond donors (Lipinski definition) is 12. The molecule has 0 saturated carbocycles. The summed E-state index contributed by atoms with van der Waals surface area (Å²) in [6.07, 6.45) is 3.81. The number of nitrogen functional groups attached to an aromatic ring is 3. The van der Waals surface area contributed by atoms with Crippen molar-refractivity contribution in [3.8, 4) is 46.0 Å². The fraction of sp³-hybridized carbons (Fsp3) is 0.137. The molecule has 0 bridgehead atoms. The number of carbonyl (C=O) groups is 6. The number of benzene rings is 12. The molecular weight excluding hydrogens is 1870 g/mol. The van der Waals surface area contributed by atoms with E-state index >= 15 is 0 Å². The van der Waals surface area contributed by atoms with Crippen molar-refractivity contribution in [2.24, 2.45) is 11.5 Å². The van der Waals surface area contributed by atoms with Crippen LogP contribution in [0, 0.1) is 20.2 Å². The van der Waals surface area contributed by atoms with E-state index in [1.54, 1.807) is 172 Å². The van der Waals surface area contributed by atoms with Crippen molar-refractivity contribution in [2.45, 2.75) is 32.6 Å². The normalized spacial score (nSPS) is 10.1. The van der Waals surface area contributed by atoms with Crippen LogP contribution in [0.15, 0.2) is 275 Å². The summed E-state index contributed by atoms with van der Waals surface area (Å²) < 4.78 is 44.4. The molecule has 17 N–H and O–H groups in total. The minimum Gasteiger partial charge on any atom is -0.493 e. The Morgan fingerprint density at radius 3 is 1.02 bits per heavy atom. The molecule has 0 aliphatic rings. The number of carboxylic acids is 1. The standard InChI is InChI=1S/C25H26N4O4.C23H21BrN2O5.C22H22BrN3O3.C16H17NO4.C6H5BrN2O2.C3H5NO/c1-32-22-11-9-19(14-23(22)33-2)28-15-17-3-7-18(8-4-17)25(31)29-21-13-16(5-10-20(21)26)6-12-24(27)30;1-30-22-10-8-19(13-23(22)31-2)25-14-15-3-5-16(6-4-15)21(27)12-17-11-18(24)7-9-20(17)26(28)29;1-28-20-10-8-17(12-21(20)29-2)25-13-14-3-5-15(6-4-14)22(27)26-19-11-16(23)7-9-18(19)24;1-20-14-8-7-13(9-15(14)21-2)17-10-11-3-5-12(6-4-11)16(18)19;7-4-1-2-6(9(10)11)5(8)3-4;1-2-3(4)5/h3-14,28H,15,26H2,1-2H3,(H2,27,30)(H,29,31);3-11,13,25H,12,14H2,1-2H3;3-12,25H,13,24H2,1-2H3,(H,26,27);3-9,17H,10H2,1-2H3,(H,18,19);1-3H,8H2;2H,1H2,(H2,4,5)/b12-6+;;;;;. The lowest BCUT2D eigenvalue weighted by Crippen LogP contribution is -2.13. The van der Waals surface area contributed by atoms with Gasteiger partial charge in [0, 0.05) is 133 Å². The summed E-state index contributed by atoms with van der Waals surface area (Å²) in [5.41, 5.74) is 39.4. The maximum atomic E-state index is 12.7. The zero-order valence-corrected chi connectivity index (χ0v) is 76.5. The predicted octanol–water partition coefficient (Wildman–Crippen LogP) is 18.6. The van der Waals surface area contributed by atoms with E-state index in [1.807, 2.05) is 115 Å². The van der Waals surface area contributed by atoms with Gasteiger partial charge in [0.25, 0.3) is 23.2 Å². The van der Waals surface area contributed by atoms with Gasteiger partial charge in [-0.25, -0.2) is 4.79 Å². The van der Waals surface area contributed by atoms with Gasteiger partial charge in [-0.3, -0.25) is 44.2 Å². The first-order valence-electron chi connectivity index (χ1n) is 38.9. The molecule has 0 aromatic heterocycles. The quantitative estimate of drug-likeness (QED) is 0.00597. The first kappa shape index (κ1) is 101. The summed E-state index contributed by atoms with van der Waals surface area (Å²) in [4.78, 5) is 89.4. The molecule has 0 unspecified atom stereocenters. The van der Waals surface area contributed by atoms with E-state index in [0.29, 0.717) is 127 Å². The first-order chi connectivity index (χ1) is 62.3. The number of primary amides is 2. The van der Waals surface area contributed by atoms with Crippen LogP contribution in [-0.4, -0.2) is 107 Å². The van der Waals surface area contributed by atoms with Gasteiger partial charge in [0.05, 0.1) is 95.0 Å². The summed E-state index contributed by atoms with van der Waals surface area (Å²) in [5, 5.41) is 49.1. The molecular formula is C95H96Br3N13O19. The Labute approximate surface area is 775 Å². The number of nitrogens with zero attached hydrogens (tertiary/aromatic N) is 2. The van der Waals surface area contributed by atoms with Gasteiger partial charge in [0.2, 0.25) is 11.8 Å². The molecule has 12 aromatic carbocycles. The molecule has 0 aliphatic carbocycles. The Balaban J connectivity index is 0.000000226. The molecule has 0 radical (unpaired) electrons. The van der Waals surface area contributed by atoms with E-state index in [0.717, 1.165) is 60.0 Å². The Bertz CT molecular complexity index is 5950. The topological polar surface area (TPSA) is 485 Å². The molecule has 35 heteroatoms. The monoisotopic (exact) mass is 1960 g/mol.